The van der Waals surface area contributed by atoms with E-state index in [-0.39, 0.29) is 18.5 Å². The Kier molecular flexibility index (Phi) is 5.07. The molecule has 6 heteroatoms. The van der Waals surface area contributed by atoms with E-state index in [4.69, 9.17) is 4.74 Å². The van der Waals surface area contributed by atoms with Crippen LogP contribution in [0.4, 0.5) is 0 Å². The maximum Gasteiger partial charge on any atom is 0.0982 e. The summed E-state index contributed by atoms with van der Waals surface area (Å²) in [6.45, 7) is 8.72. The quantitative estimate of drug-likeness (QED) is 0.911. The molecule has 2 unspecified atom stereocenters. The fraction of sp³-hybridized carbons (Fsp3) is 0.786. The van der Waals surface area contributed by atoms with E-state index in [2.05, 4.69) is 28.4 Å². The molecule has 1 N–H and O–H groups in total. The maximum atomic E-state index is 5.89. The van der Waals surface area contributed by atoms with E-state index < -0.39 is 0 Å². The predicted molar refractivity (Wildman–Crippen MR) is 81.2 cm³/mol. The Hall–Kier alpha value is -0.620. The summed E-state index contributed by atoms with van der Waals surface area (Å²) >= 11 is 0. The van der Waals surface area contributed by atoms with Gasteiger partial charge in [-0.25, -0.2) is 0 Å². The topological polar surface area (TPSA) is 42.3 Å². The molecule has 0 aliphatic carbocycles. The van der Waals surface area contributed by atoms with E-state index in [1.165, 1.54) is 18.5 Å². The first kappa shape index (κ1) is 15.8. The highest BCUT2D eigenvalue weighted by molar-refractivity contribution is 5.85. The number of nitrogens with one attached hydrogen (secondary N) is 1. The van der Waals surface area contributed by atoms with Crippen molar-refractivity contribution in [3.05, 3.63) is 18.0 Å². The molecule has 2 fully saturated rings. The number of morpholine rings is 1. The average molecular weight is 301 g/mol. The lowest BCUT2D eigenvalue weighted by Gasteiger charge is -2.37. The van der Waals surface area contributed by atoms with Crippen LogP contribution < -0.4 is 5.32 Å². The molecule has 20 heavy (non-hydrogen) atoms. The zero-order valence-corrected chi connectivity index (χ0v) is 13.2. The Balaban J connectivity index is 0.00000147. The van der Waals surface area contributed by atoms with Gasteiger partial charge in [0.25, 0.3) is 0 Å². The molecule has 3 heterocycles. The van der Waals surface area contributed by atoms with Gasteiger partial charge in [0.1, 0.15) is 0 Å². The van der Waals surface area contributed by atoms with E-state index in [1.54, 1.807) is 0 Å². The van der Waals surface area contributed by atoms with Crippen LogP contribution in [0.2, 0.25) is 0 Å². The first-order valence-electron chi connectivity index (χ1n) is 7.18. The zero-order valence-electron chi connectivity index (χ0n) is 12.3. The number of nitrogens with zero attached hydrogens (tertiary/aromatic N) is 3. The van der Waals surface area contributed by atoms with Gasteiger partial charge in [-0.05, 0) is 18.4 Å². The fourth-order valence-electron chi connectivity index (χ4n) is 3.20. The summed E-state index contributed by atoms with van der Waals surface area (Å²) in [5, 5.41) is 7.72. The van der Waals surface area contributed by atoms with E-state index in [1.807, 2.05) is 17.9 Å². The molecule has 2 atom stereocenters. The van der Waals surface area contributed by atoms with Crippen molar-refractivity contribution in [3.8, 4) is 0 Å². The number of rotatable bonds is 3. The second-order valence-corrected chi connectivity index (χ2v) is 6.28. The van der Waals surface area contributed by atoms with E-state index in [9.17, 15) is 0 Å². The monoisotopic (exact) mass is 300 g/mol. The molecule has 0 aromatic carbocycles. The fourth-order valence-corrected chi connectivity index (χ4v) is 3.20. The molecule has 0 amide bonds. The van der Waals surface area contributed by atoms with E-state index >= 15 is 0 Å². The van der Waals surface area contributed by atoms with Gasteiger partial charge in [0.15, 0.2) is 0 Å². The number of aromatic nitrogens is 2. The lowest BCUT2D eigenvalue weighted by molar-refractivity contribution is -0.0400. The van der Waals surface area contributed by atoms with Gasteiger partial charge in [0.05, 0.1) is 18.9 Å². The van der Waals surface area contributed by atoms with Crippen molar-refractivity contribution in [1.29, 1.82) is 0 Å². The van der Waals surface area contributed by atoms with Gasteiger partial charge in [-0.2, -0.15) is 5.10 Å². The van der Waals surface area contributed by atoms with E-state index in [0.717, 1.165) is 32.8 Å². The molecule has 0 bridgehead atoms. The van der Waals surface area contributed by atoms with Crippen molar-refractivity contribution in [2.24, 2.45) is 12.5 Å². The Labute approximate surface area is 127 Å². The molecule has 3 rings (SSSR count). The van der Waals surface area contributed by atoms with Crippen molar-refractivity contribution < 1.29 is 4.74 Å². The normalized spacial score (nSPS) is 31.2. The number of ether oxygens (including phenoxy) is 1. The Morgan fingerprint density at radius 1 is 1.55 bits per heavy atom. The summed E-state index contributed by atoms with van der Waals surface area (Å²) in [6.07, 6.45) is 5.45. The number of hydrogen-bond acceptors (Lipinski definition) is 4. The highest BCUT2D eigenvalue weighted by Gasteiger charge is 2.33. The first-order chi connectivity index (χ1) is 9.15. The standard InChI is InChI=1S/C14H24N4O.ClH/c1-14(3-4-15-10-14)11-18-5-6-19-13(9-18)12-7-16-17(2)8-12;/h7-8,13,15H,3-6,9-11H2,1-2H3;1H. The van der Waals surface area contributed by atoms with Gasteiger partial charge in [-0.15, -0.1) is 12.4 Å². The smallest absolute Gasteiger partial charge is 0.0982 e. The van der Waals surface area contributed by atoms with Crippen LogP contribution in [0.5, 0.6) is 0 Å². The number of halogens is 1. The molecule has 5 nitrogen and oxygen atoms in total. The molecular formula is C14H25ClN4O. The van der Waals surface area contributed by atoms with Gasteiger partial charge in [0, 0.05) is 45.0 Å². The highest BCUT2D eigenvalue weighted by atomic mass is 35.5. The molecule has 2 saturated heterocycles. The molecular weight excluding hydrogens is 276 g/mol. The molecule has 1 aromatic rings. The Morgan fingerprint density at radius 3 is 3.05 bits per heavy atom. The minimum Gasteiger partial charge on any atom is -0.371 e. The molecule has 0 radical (unpaired) electrons. The van der Waals surface area contributed by atoms with Gasteiger partial charge in [0.2, 0.25) is 0 Å². The second kappa shape index (κ2) is 6.43. The molecule has 114 valence electrons. The summed E-state index contributed by atoms with van der Waals surface area (Å²) in [6, 6.07) is 0. The second-order valence-electron chi connectivity index (χ2n) is 6.28. The van der Waals surface area contributed by atoms with Crippen molar-refractivity contribution in [2.75, 3.05) is 39.3 Å². The SMILES string of the molecule is Cl.Cn1cc(C2CN(CC3(C)CCNC3)CCO2)cn1. The number of hydrogen-bond donors (Lipinski definition) is 1. The summed E-state index contributed by atoms with van der Waals surface area (Å²) in [5.41, 5.74) is 1.62. The minimum absolute atomic E-state index is 0. The molecule has 0 spiro atoms. The maximum absolute atomic E-state index is 5.89. The zero-order chi connectivity index (χ0) is 13.3. The van der Waals surface area contributed by atoms with Crippen molar-refractivity contribution in [1.82, 2.24) is 20.0 Å². The third-order valence-corrected chi connectivity index (χ3v) is 4.31. The van der Waals surface area contributed by atoms with Crippen molar-refractivity contribution in [2.45, 2.75) is 19.4 Å². The first-order valence-corrected chi connectivity index (χ1v) is 7.18. The van der Waals surface area contributed by atoms with Crippen molar-refractivity contribution >= 4 is 12.4 Å². The van der Waals surface area contributed by atoms with Crippen LogP contribution in [0.15, 0.2) is 12.4 Å². The minimum atomic E-state index is 0. The van der Waals surface area contributed by atoms with Gasteiger partial charge in [-0.3, -0.25) is 9.58 Å². The van der Waals surface area contributed by atoms with Crippen LogP contribution in [0.25, 0.3) is 0 Å². The predicted octanol–water partition coefficient (Wildman–Crippen LogP) is 1.21. The van der Waals surface area contributed by atoms with Gasteiger partial charge in [-0.1, -0.05) is 6.92 Å². The average Bonchev–Trinajstić information content (AvgIpc) is 2.99. The molecule has 0 saturated carbocycles. The van der Waals surface area contributed by atoms with Crippen LogP contribution in [-0.2, 0) is 11.8 Å². The van der Waals surface area contributed by atoms with Crippen LogP contribution in [0, 0.1) is 5.41 Å². The van der Waals surface area contributed by atoms with Crippen LogP contribution in [-0.4, -0.2) is 54.0 Å². The van der Waals surface area contributed by atoms with Crippen LogP contribution in [0.1, 0.15) is 25.0 Å². The van der Waals surface area contributed by atoms with E-state index in [0.29, 0.717) is 5.41 Å². The lowest BCUT2D eigenvalue weighted by Crippen LogP contribution is -2.44. The largest absolute Gasteiger partial charge is 0.371 e. The summed E-state index contributed by atoms with van der Waals surface area (Å²) in [5.74, 6) is 0. The lowest BCUT2D eigenvalue weighted by atomic mass is 9.89. The summed E-state index contributed by atoms with van der Waals surface area (Å²) in [7, 11) is 1.95. The van der Waals surface area contributed by atoms with Crippen LogP contribution in [0.3, 0.4) is 0 Å². The van der Waals surface area contributed by atoms with Crippen molar-refractivity contribution in [3.63, 3.8) is 0 Å². The summed E-state index contributed by atoms with van der Waals surface area (Å²) in [4.78, 5) is 2.55. The summed E-state index contributed by atoms with van der Waals surface area (Å²) < 4.78 is 7.74. The highest BCUT2D eigenvalue weighted by Crippen LogP contribution is 2.29. The molecule has 2 aliphatic heterocycles. The van der Waals surface area contributed by atoms with Crippen LogP contribution >= 0.6 is 12.4 Å². The Morgan fingerprint density at radius 2 is 2.40 bits per heavy atom. The Bertz CT molecular complexity index is 431. The molecule has 1 aromatic heterocycles. The van der Waals surface area contributed by atoms with Gasteiger partial charge < -0.3 is 10.1 Å². The third kappa shape index (κ3) is 3.52. The molecule has 2 aliphatic rings. The third-order valence-electron chi connectivity index (χ3n) is 4.31. The van der Waals surface area contributed by atoms with Gasteiger partial charge >= 0.3 is 0 Å². The number of aryl methyl sites for hydroxylation is 1.